The minimum absolute atomic E-state index is 0.0154. The maximum absolute atomic E-state index is 11.9. The molecule has 1 amide bonds. The average Bonchev–Trinajstić information content (AvgIpc) is 3.06. The molecule has 0 bridgehead atoms. The second-order valence-corrected chi connectivity index (χ2v) is 6.37. The Morgan fingerprint density at radius 3 is 2.80 bits per heavy atom. The first-order valence-electron chi connectivity index (χ1n) is 6.40. The number of rotatable bonds is 5. The SMILES string of the molecule is CCO[C@@H](C)c1nc(-c2cc(C(=O)N(C)C)cs2)cs1. The Labute approximate surface area is 127 Å². The summed E-state index contributed by atoms with van der Waals surface area (Å²) in [6.45, 7) is 4.65. The van der Waals surface area contributed by atoms with Gasteiger partial charge in [0.2, 0.25) is 0 Å². The Hall–Kier alpha value is -1.24. The molecule has 0 radical (unpaired) electrons. The van der Waals surface area contributed by atoms with E-state index in [0.717, 1.165) is 15.6 Å². The molecule has 0 saturated heterocycles. The van der Waals surface area contributed by atoms with Crippen LogP contribution in [0.15, 0.2) is 16.8 Å². The van der Waals surface area contributed by atoms with Crippen molar-refractivity contribution in [3.63, 3.8) is 0 Å². The molecule has 4 nitrogen and oxygen atoms in total. The van der Waals surface area contributed by atoms with Crippen LogP contribution in [0.25, 0.3) is 10.6 Å². The minimum Gasteiger partial charge on any atom is -0.372 e. The first kappa shape index (κ1) is 15.2. The van der Waals surface area contributed by atoms with Gasteiger partial charge in [-0.2, -0.15) is 0 Å². The van der Waals surface area contributed by atoms with Crippen molar-refractivity contribution in [2.75, 3.05) is 20.7 Å². The topological polar surface area (TPSA) is 42.4 Å². The van der Waals surface area contributed by atoms with Crippen molar-refractivity contribution in [2.24, 2.45) is 0 Å². The molecule has 6 heteroatoms. The molecule has 0 aromatic carbocycles. The second kappa shape index (κ2) is 6.47. The molecule has 0 N–H and O–H groups in total. The first-order chi connectivity index (χ1) is 9.52. The summed E-state index contributed by atoms with van der Waals surface area (Å²) < 4.78 is 5.54. The normalized spacial score (nSPS) is 12.4. The van der Waals surface area contributed by atoms with E-state index in [1.165, 1.54) is 0 Å². The molecule has 0 saturated carbocycles. The van der Waals surface area contributed by atoms with E-state index >= 15 is 0 Å². The highest BCUT2D eigenvalue weighted by Crippen LogP contribution is 2.31. The first-order valence-corrected chi connectivity index (χ1v) is 8.16. The molecule has 20 heavy (non-hydrogen) atoms. The third kappa shape index (κ3) is 3.26. The van der Waals surface area contributed by atoms with Gasteiger partial charge in [0, 0.05) is 31.5 Å². The van der Waals surface area contributed by atoms with Crippen LogP contribution in [0.5, 0.6) is 0 Å². The summed E-state index contributed by atoms with van der Waals surface area (Å²) in [6.07, 6.45) is 0.0154. The molecular weight excluding hydrogens is 292 g/mol. The van der Waals surface area contributed by atoms with Crippen LogP contribution in [-0.2, 0) is 4.74 Å². The van der Waals surface area contributed by atoms with Gasteiger partial charge in [-0.3, -0.25) is 4.79 Å². The maximum atomic E-state index is 11.9. The summed E-state index contributed by atoms with van der Waals surface area (Å²) in [5, 5.41) is 4.86. The number of thiophene rings is 1. The van der Waals surface area contributed by atoms with Crippen LogP contribution in [0.3, 0.4) is 0 Å². The molecular formula is C14H18N2O2S2. The molecule has 0 aliphatic carbocycles. The molecule has 1 atom stereocenters. The van der Waals surface area contributed by atoms with Crippen molar-refractivity contribution in [1.82, 2.24) is 9.88 Å². The number of carbonyl (C=O) groups excluding carboxylic acids is 1. The molecule has 2 heterocycles. The van der Waals surface area contributed by atoms with E-state index in [4.69, 9.17) is 4.74 Å². The van der Waals surface area contributed by atoms with Gasteiger partial charge >= 0.3 is 0 Å². The number of hydrogen-bond acceptors (Lipinski definition) is 5. The standard InChI is InChI=1S/C14H18N2O2S2/c1-5-18-9(2)13-15-11(8-20-13)12-6-10(7-19-12)14(17)16(3)4/h6-9H,5H2,1-4H3/t9-/m0/s1. The molecule has 0 aliphatic rings. The van der Waals surface area contributed by atoms with Gasteiger partial charge in [-0.25, -0.2) is 4.98 Å². The lowest BCUT2D eigenvalue weighted by Gasteiger charge is -2.07. The van der Waals surface area contributed by atoms with Gasteiger partial charge in [0.1, 0.15) is 11.1 Å². The molecule has 0 unspecified atom stereocenters. The monoisotopic (exact) mass is 310 g/mol. The molecule has 0 fully saturated rings. The van der Waals surface area contributed by atoms with Crippen LogP contribution < -0.4 is 0 Å². The highest BCUT2D eigenvalue weighted by atomic mass is 32.1. The van der Waals surface area contributed by atoms with Gasteiger partial charge in [0.25, 0.3) is 5.91 Å². The molecule has 2 rings (SSSR count). The van der Waals surface area contributed by atoms with E-state index in [1.54, 1.807) is 41.7 Å². The lowest BCUT2D eigenvalue weighted by atomic mass is 10.2. The van der Waals surface area contributed by atoms with Crippen molar-refractivity contribution < 1.29 is 9.53 Å². The van der Waals surface area contributed by atoms with Crippen LogP contribution in [-0.4, -0.2) is 36.5 Å². The zero-order valence-corrected chi connectivity index (χ0v) is 13.7. The van der Waals surface area contributed by atoms with Gasteiger partial charge in [-0.05, 0) is 19.9 Å². The molecule has 2 aromatic rings. The van der Waals surface area contributed by atoms with Crippen LogP contribution >= 0.6 is 22.7 Å². The highest BCUT2D eigenvalue weighted by molar-refractivity contribution is 7.14. The Balaban J connectivity index is 2.18. The fourth-order valence-electron chi connectivity index (χ4n) is 1.75. The van der Waals surface area contributed by atoms with Crippen molar-refractivity contribution in [2.45, 2.75) is 20.0 Å². The number of hydrogen-bond donors (Lipinski definition) is 0. The zero-order chi connectivity index (χ0) is 14.7. The molecule has 108 valence electrons. The molecule has 0 spiro atoms. The van der Waals surface area contributed by atoms with E-state index in [-0.39, 0.29) is 12.0 Å². The summed E-state index contributed by atoms with van der Waals surface area (Å²) >= 11 is 3.13. The van der Waals surface area contributed by atoms with Gasteiger partial charge < -0.3 is 9.64 Å². The predicted octanol–water partition coefficient (Wildman–Crippen LogP) is 3.67. The fraction of sp³-hybridized carbons (Fsp3) is 0.429. The average molecular weight is 310 g/mol. The van der Waals surface area contributed by atoms with E-state index in [9.17, 15) is 4.79 Å². The van der Waals surface area contributed by atoms with Gasteiger partial charge in [-0.1, -0.05) is 0 Å². The van der Waals surface area contributed by atoms with E-state index in [2.05, 4.69) is 4.98 Å². The largest absolute Gasteiger partial charge is 0.372 e. The number of aromatic nitrogens is 1. The lowest BCUT2D eigenvalue weighted by molar-refractivity contribution is 0.0762. The second-order valence-electron chi connectivity index (χ2n) is 4.57. The van der Waals surface area contributed by atoms with Crippen molar-refractivity contribution >= 4 is 28.6 Å². The fourth-order valence-corrected chi connectivity index (χ4v) is 3.49. The quantitative estimate of drug-likeness (QED) is 0.846. The lowest BCUT2D eigenvalue weighted by Crippen LogP contribution is -2.20. The van der Waals surface area contributed by atoms with Crippen molar-refractivity contribution in [3.05, 3.63) is 27.4 Å². The van der Waals surface area contributed by atoms with Crippen molar-refractivity contribution in [1.29, 1.82) is 0 Å². The molecule has 0 aliphatic heterocycles. The summed E-state index contributed by atoms with van der Waals surface area (Å²) in [7, 11) is 3.51. The van der Waals surface area contributed by atoms with E-state index in [0.29, 0.717) is 12.2 Å². The number of ether oxygens (including phenoxy) is 1. The predicted molar refractivity (Wildman–Crippen MR) is 83.5 cm³/mol. The van der Waals surface area contributed by atoms with Crippen LogP contribution in [0.2, 0.25) is 0 Å². The van der Waals surface area contributed by atoms with Crippen LogP contribution in [0.4, 0.5) is 0 Å². The Morgan fingerprint density at radius 2 is 2.15 bits per heavy atom. The summed E-state index contributed by atoms with van der Waals surface area (Å²) in [4.78, 5) is 19.1. The van der Waals surface area contributed by atoms with Gasteiger partial charge in [0.05, 0.1) is 16.1 Å². The Bertz CT molecular complexity index is 590. The Morgan fingerprint density at radius 1 is 1.40 bits per heavy atom. The summed E-state index contributed by atoms with van der Waals surface area (Å²) in [5.41, 5.74) is 1.63. The van der Waals surface area contributed by atoms with Crippen LogP contribution in [0.1, 0.15) is 35.3 Å². The number of thiazole rings is 1. The summed E-state index contributed by atoms with van der Waals surface area (Å²) in [6, 6.07) is 1.90. The third-order valence-electron chi connectivity index (χ3n) is 2.79. The van der Waals surface area contributed by atoms with Crippen LogP contribution in [0, 0.1) is 0 Å². The Kier molecular flexibility index (Phi) is 4.91. The molecule has 2 aromatic heterocycles. The van der Waals surface area contributed by atoms with Gasteiger partial charge in [0.15, 0.2) is 0 Å². The number of nitrogens with zero attached hydrogens (tertiary/aromatic N) is 2. The number of amides is 1. The number of carbonyl (C=O) groups is 1. The third-order valence-corrected chi connectivity index (χ3v) is 4.75. The van der Waals surface area contributed by atoms with Gasteiger partial charge in [-0.15, -0.1) is 22.7 Å². The zero-order valence-electron chi connectivity index (χ0n) is 12.0. The van der Waals surface area contributed by atoms with Crippen molar-refractivity contribution in [3.8, 4) is 10.6 Å². The smallest absolute Gasteiger partial charge is 0.254 e. The minimum atomic E-state index is 0.0154. The summed E-state index contributed by atoms with van der Waals surface area (Å²) in [5.74, 6) is 0.0191. The van der Waals surface area contributed by atoms with E-state index < -0.39 is 0 Å². The highest BCUT2D eigenvalue weighted by Gasteiger charge is 2.15. The van der Waals surface area contributed by atoms with E-state index in [1.807, 2.05) is 30.7 Å². The maximum Gasteiger partial charge on any atom is 0.254 e.